The highest BCUT2D eigenvalue weighted by Crippen LogP contribution is 2.44. The number of ether oxygens (including phenoxy) is 3. The number of aromatic nitrogens is 1. The summed E-state index contributed by atoms with van der Waals surface area (Å²) >= 11 is 1.01. The molecule has 200 valence electrons. The van der Waals surface area contributed by atoms with E-state index >= 15 is 0 Å². The fourth-order valence-electron chi connectivity index (χ4n) is 3.81. The molecular formula is C27H25N5O6S. The van der Waals surface area contributed by atoms with Crippen LogP contribution in [0, 0.1) is 22.7 Å². The van der Waals surface area contributed by atoms with E-state index in [1.807, 2.05) is 6.07 Å². The molecule has 0 aliphatic carbocycles. The fraction of sp³-hybridized carbons (Fsp3) is 0.222. The number of benzene rings is 2. The van der Waals surface area contributed by atoms with Crippen molar-refractivity contribution in [3.63, 3.8) is 0 Å². The highest BCUT2D eigenvalue weighted by Gasteiger charge is 2.27. The number of nitriles is 2. The van der Waals surface area contributed by atoms with Crippen LogP contribution in [-0.2, 0) is 4.79 Å². The first kappa shape index (κ1) is 28.6. The Morgan fingerprint density at radius 2 is 1.72 bits per heavy atom. The topological polar surface area (TPSA) is 181 Å². The van der Waals surface area contributed by atoms with Gasteiger partial charge in [0.05, 0.1) is 37.7 Å². The van der Waals surface area contributed by atoms with E-state index in [1.54, 1.807) is 25.1 Å². The highest BCUT2D eigenvalue weighted by molar-refractivity contribution is 8.00. The van der Waals surface area contributed by atoms with Crippen LogP contribution in [0.15, 0.2) is 41.4 Å². The lowest BCUT2D eigenvalue weighted by molar-refractivity contribution is -0.115. The minimum absolute atomic E-state index is 0.0202. The number of nitrogen functional groups attached to an aromatic ring is 1. The number of hydrogen-bond donors (Lipinski definition) is 3. The summed E-state index contributed by atoms with van der Waals surface area (Å²) in [4.78, 5) is 28.7. The molecule has 1 heterocycles. The maximum Gasteiger partial charge on any atom is 0.335 e. The average Bonchev–Trinajstić information content (AvgIpc) is 2.94. The maximum absolute atomic E-state index is 13.1. The van der Waals surface area contributed by atoms with Gasteiger partial charge in [0.25, 0.3) is 0 Å². The van der Waals surface area contributed by atoms with E-state index in [-0.39, 0.29) is 33.1 Å². The van der Waals surface area contributed by atoms with Gasteiger partial charge in [0.1, 0.15) is 28.5 Å². The molecule has 12 heteroatoms. The van der Waals surface area contributed by atoms with Crippen molar-refractivity contribution in [1.29, 1.82) is 10.5 Å². The number of methoxy groups -OCH3 is 3. The molecule has 0 radical (unpaired) electrons. The Morgan fingerprint density at radius 3 is 2.23 bits per heavy atom. The Morgan fingerprint density at radius 1 is 1.08 bits per heavy atom. The predicted octanol–water partition coefficient (Wildman–Crippen LogP) is 4.31. The number of carboxylic acids is 1. The number of anilines is 2. The third kappa shape index (κ3) is 5.98. The summed E-state index contributed by atoms with van der Waals surface area (Å²) in [5.41, 5.74) is 7.12. The van der Waals surface area contributed by atoms with Gasteiger partial charge in [-0.2, -0.15) is 10.5 Å². The molecule has 3 aromatic rings. The number of thioether (sulfide) groups is 1. The van der Waals surface area contributed by atoms with Crippen LogP contribution in [0.1, 0.15) is 34.8 Å². The molecule has 0 spiro atoms. The maximum atomic E-state index is 13.1. The predicted molar refractivity (Wildman–Crippen MR) is 145 cm³/mol. The minimum Gasteiger partial charge on any atom is -0.493 e. The Balaban J connectivity index is 2.10. The summed E-state index contributed by atoms with van der Waals surface area (Å²) in [6.07, 6.45) is 0.348. The first-order valence-electron chi connectivity index (χ1n) is 11.5. The van der Waals surface area contributed by atoms with E-state index in [4.69, 9.17) is 19.9 Å². The molecule has 0 aliphatic heterocycles. The van der Waals surface area contributed by atoms with Gasteiger partial charge >= 0.3 is 5.97 Å². The van der Waals surface area contributed by atoms with Crippen LogP contribution in [0.4, 0.5) is 11.5 Å². The normalized spacial score (nSPS) is 11.0. The summed E-state index contributed by atoms with van der Waals surface area (Å²) in [5, 5.41) is 31.4. The Bertz CT molecular complexity index is 1490. The van der Waals surface area contributed by atoms with Crippen molar-refractivity contribution in [2.45, 2.75) is 23.6 Å². The Labute approximate surface area is 229 Å². The van der Waals surface area contributed by atoms with Crippen LogP contribution >= 0.6 is 11.8 Å². The number of carbonyl (C=O) groups excluding carboxylic acids is 1. The number of nitrogens with zero attached hydrogens (tertiary/aromatic N) is 3. The molecular weight excluding hydrogens is 522 g/mol. The number of rotatable bonds is 10. The minimum atomic E-state index is -1.12. The zero-order valence-electron chi connectivity index (χ0n) is 21.6. The summed E-state index contributed by atoms with van der Waals surface area (Å²) in [7, 11) is 4.33. The SMILES string of the molecule is CCC(Sc1nc(N)c(C#N)c(-c2cc(OC)c(OC)c(OC)c2)c1C#N)C(=O)Nc1cccc(C(=O)O)c1. The fourth-order valence-corrected chi connectivity index (χ4v) is 4.83. The summed E-state index contributed by atoms with van der Waals surface area (Å²) in [6.45, 7) is 1.78. The quantitative estimate of drug-likeness (QED) is 0.308. The third-order valence-electron chi connectivity index (χ3n) is 5.66. The zero-order chi connectivity index (χ0) is 28.7. The molecule has 3 rings (SSSR count). The molecule has 39 heavy (non-hydrogen) atoms. The smallest absolute Gasteiger partial charge is 0.335 e. The number of hydrogen-bond acceptors (Lipinski definition) is 10. The van der Waals surface area contributed by atoms with E-state index < -0.39 is 17.1 Å². The van der Waals surface area contributed by atoms with Crippen molar-refractivity contribution in [1.82, 2.24) is 4.98 Å². The van der Waals surface area contributed by atoms with E-state index in [2.05, 4.69) is 16.4 Å². The molecule has 0 saturated carbocycles. The molecule has 1 aromatic heterocycles. The molecule has 0 saturated heterocycles. The second kappa shape index (κ2) is 12.5. The Kier molecular flexibility index (Phi) is 9.20. The van der Waals surface area contributed by atoms with Gasteiger partial charge in [-0.15, -0.1) is 0 Å². The number of aromatic carboxylic acids is 1. The Hall–Kier alpha value is -4.94. The van der Waals surface area contributed by atoms with Crippen LogP contribution in [-0.4, -0.2) is 48.5 Å². The van der Waals surface area contributed by atoms with Gasteiger partial charge in [-0.25, -0.2) is 9.78 Å². The largest absolute Gasteiger partial charge is 0.493 e. The monoisotopic (exact) mass is 547 g/mol. The van der Waals surface area contributed by atoms with E-state index in [0.29, 0.717) is 34.9 Å². The molecule has 1 unspecified atom stereocenters. The number of pyridine rings is 1. The van der Waals surface area contributed by atoms with E-state index in [9.17, 15) is 25.2 Å². The van der Waals surface area contributed by atoms with Gasteiger partial charge in [0, 0.05) is 11.3 Å². The summed E-state index contributed by atoms with van der Waals surface area (Å²) < 4.78 is 16.2. The van der Waals surface area contributed by atoms with Crippen LogP contribution in [0.3, 0.4) is 0 Å². The standard InChI is InChI=1S/C27H25N5O6S/c1-5-21(25(33)31-16-8-6-7-14(9-16)27(34)35)39-26-18(13-29)22(17(12-28)24(30)32-26)15-10-19(36-2)23(38-4)20(11-15)37-3/h6-11,21H,5H2,1-4H3,(H2,30,32)(H,31,33)(H,34,35). The van der Waals surface area contributed by atoms with Crippen molar-refractivity contribution in [3.05, 3.63) is 53.1 Å². The number of nitrogens with one attached hydrogen (secondary N) is 1. The molecule has 1 amide bonds. The second-order valence-electron chi connectivity index (χ2n) is 7.95. The van der Waals surface area contributed by atoms with Crippen molar-refractivity contribution < 1.29 is 28.9 Å². The van der Waals surface area contributed by atoms with Gasteiger partial charge in [-0.05, 0) is 42.3 Å². The van der Waals surface area contributed by atoms with Crippen molar-refractivity contribution in [3.8, 4) is 40.5 Å². The summed E-state index contributed by atoms with van der Waals surface area (Å²) in [5.74, 6) is -0.729. The van der Waals surface area contributed by atoms with Gasteiger partial charge in [-0.3, -0.25) is 4.79 Å². The summed E-state index contributed by atoms with van der Waals surface area (Å²) in [6, 6.07) is 13.2. The third-order valence-corrected chi connectivity index (χ3v) is 7.01. The first-order chi connectivity index (χ1) is 18.7. The van der Waals surface area contributed by atoms with Gasteiger partial charge in [-0.1, -0.05) is 24.8 Å². The highest BCUT2D eigenvalue weighted by atomic mass is 32.2. The zero-order valence-corrected chi connectivity index (χ0v) is 22.4. The van der Waals surface area contributed by atoms with Crippen LogP contribution in [0.2, 0.25) is 0 Å². The van der Waals surface area contributed by atoms with Crippen LogP contribution in [0.25, 0.3) is 11.1 Å². The molecule has 2 aromatic carbocycles. The average molecular weight is 548 g/mol. The number of carboxylic acid groups (broad SMARTS) is 1. The van der Waals surface area contributed by atoms with Gasteiger partial charge in [0.15, 0.2) is 11.5 Å². The van der Waals surface area contributed by atoms with E-state index in [0.717, 1.165) is 11.8 Å². The lowest BCUT2D eigenvalue weighted by atomic mass is 9.96. The lowest BCUT2D eigenvalue weighted by Crippen LogP contribution is -2.25. The molecule has 0 aliphatic rings. The van der Waals surface area contributed by atoms with Crippen molar-refractivity contribution in [2.75, 3.05) is 32.4 Å². The van der Waals surface area contributed by atoms with Crippen LogP contribution < -0.4 is 25.3 Å². The van der Waals surface area contributed by atoms with Crippen molar-refractivity contribution >= 4 is 35.1 Å². The number of amides is 1. The van der Waals surface area contributed by atoms with Crippen LogP contribution in [0.5, 0.6) is 17.2 Å². The van der Waals surface area contributed by atoms with Gasteiger partial charge in [0.2, 0.25) is 11.7 Å². The van der Waals surface area contributed by atoms with E-state index in [1.165, 1.54) is 39.5 Å². The first-order valence-corrected chi connectivity index (χ1v) is 12.4. The van der Waals surface area contributed by atoms with Gasteiger partial charge < -0.3 is 30.4 Å². The molecule has 4 N–H and O–H groups in total. The molecule has 1 atom stereocenters. The number of carbonyl (C=O) groups is 2. The lowest BCUT2D eigenvalue weighted by Gasteiger charge is -2.19. The molecule has 0 bridgehead atoms. The second-order valence-corrected chi connectivity index (χ2v) is 9.15. The number of nitrogens with two attached hydrogens (primary N) is 1. The molecule has 11 nitrogen and oxygen atoms in total. The van der Waals surface area contributed by atoms with Crippen molar-refractivity contribution in [2.24, 2.45) is 0 Å². The molecule has 0 fully saturated rings.